The van der Waals surface area contributed by atoms with Gasteiger partial charge in [0, 0.05) is 51.6 Å². The fourth-order valence-corrected chi connectivity index (χ4v) is 4.29. The first kappa shape index (κ1) is 24.5. The van der Waals surface area contributed by atoms with Gasteiger partial charge in [-0.25, -0.2) is 14.5 Å². The van der Waals surface area contributed by atoms with Gasteiger partial charge >= 0.3 is 6.03 Å². The van der Waals surface area contributed by atoms with Crippen molar-refractivity contribution in [3.63, 3.8) is 0 Å². The monoisotopic (exact) mass is 478 g/mol. The summed E-state index contributed by atoms with van der Waals surface area (Å²) in [5.41, 5.74) is 4.10. The molecule has 1 N–H and O–H groups in total. The van der Waals surface area contributed by atoms with E-state index in [1.54, 1.807) is 18.1 Å². The first-order valence-corrected chi connectivity index (χ1v) is 12.1. The Morgan fingerprint density at radius 3 is 2.71 bits per heavy atom. The van der Waals surface area contributed by atoms with Crippen LogP contribution in [0.1, 0.15) is 30.3 Å². The van der Waals surface area contributed by atoms with E-state index in [-0.39, 0.29) is 6.03 Å². The molecule has 0 aliphatic carbocycles. The number of carbonyl (C=O) groups is 1. The summed E-state index contributed by atoms with van der Waals surface area (Å²) in [6.45, 7) is 8.46. The van der Waals surface area contributed by atoms with Crippen molar-refractivity contribution in [1.29, 1.82) is 0 Å². The number of nitrogens with zero attached hydrogens (tertiary/aromatic N) is 5. The maximum Gasteiger partial charge on any atom is 0.317 e. The number of benzene rings is 2. The van der Waals surface area contributed by atoms with Crippen LogP contribution in [0.4, 0.5) is 10.5 Å². The Morgan fingerprint density at radius 1 is 1.09 bits per heavy atom. The molecule has 3 aromatic rings. The maximum atomic E-state index is 12.9. The average Bonchev–Trinajstić information content (AvgIpc) is 3.14. The summed E-state index contributed by atoms with van der Waals surface area (Å²) in [4.78, 5) is 21.3. The Kier molecular flexibility index (Phi) is 8.20. The van der Waals surface area contributed by atoms with E-state index in [0.717, 1.165) is 54.3 Å². The summed E-state index contributed by atoms with van der Waals surface area (Å²) in [6, 6.07) is 14.2. The van der Waals surface area contributed by atoms with Gasteiger partial charge in [-0.1, -0.05) is 24.3 Å². The third kappa shape index (κ3) is 6.30. The third-order valence-electron chi connectivity index (χ3n) is 5.99. The predicted molar refractivity (Wildman–Crippen MR) is 135 cm³/mol. The molecule has 1 aromatic heterocycles. The van der Waals surface area contributed by atoms with Crippen LogP contribution in [0.3, 0.4) is 0 Å². The molecule has 0 atom stereocenters. The van der Waals surface area contributed by atoms with Crippen LogP contribution in [-0.4, -0.2) is 65.6 Å². The summed E-state index contributed by atoms with van der Waals surface area (Å²) in [5.74, 6) is 1.48. The zero-order valence-corrected chi connectivity index (χ0v) is 20.7. The van der Waals surface area contributed by atoms with Gasteiger partial charge in [-0.2, -0.15) is 5.10 Å². The standard InChI is InChI=1S/C26H34N6O3/c1-4-35-25-16-23(9-10-24(25)32-19-28-20(2)29-32)30-11-6-12-31(14-13-30)26(33)27-17-21-7-5-8-22(15-21)18-34-3/h5,7-10,15-16,19H,4,6,11-14,17-18H2,1-3H3,(H,27,33). The molecule has 2 amide bonds. The van der Waals surface area contributed by atoms with E-state index in [4.69, 9.17) is 9.47 Å². The Labute approximate surface area is 206 Å². The van der Waals surface area contributed by atoms with E-state index in [0.29, 0.717) is 32.1 Å². The first-order chi connectivity index (χ1) is 17.1. The van der Waals surface area contributed by atoms with Gasteiger partial charge in [0.2, 0.25) is 0 Å². The average molecular weight is 479 g/mol. The largest absolute Gasteiger partial charge is 0.492 e. The van der Waals surface area contributed by atoms with E-state index in [2.05, 4.69) is 38.5 Å². The predicted octanol–water partition coefficient (Wildman–Crippen LogP) is 3.54. The van der Waals surface area contributed by atoms with E-state index in [1.807, 2.05) is 43.0 Å². The number of aromatic nitrogens is 3. The van der Waals surface area contributed by atoms with Gasteiger partial charge < -0.3 is 24.6 Å². The molecule has 1 aliphatic heterocycles. The second-order valence-electron chi connectivity index (χ2n) is 8.56. The molecule has 0 radical (unpaired) electrons. The van der Waals surface area contributed by atoms with Crippen molar-refractivity contribution < 1.29 is 14.3 Å². The minimum atomic E-state index is -0.0316. The number of aryl methyl sites for hydroxylation is 1. The van der Waals surface area contributed by atoms with Crippen LogP contribution < -0.4 is 15.0 Å². The van der Waals surface area contributed by atoms with Crippen molar-refractivity contribution in [1.82, 2.24) is 25.0 Å². The molecule has 9 heteroatoms. The number of urea groups is 1. The van der Waals surface area contributed by atoms with Crippen LogP contribution in [0, 0.1) is 6.92 Å². The smallest absolute Gasteiger partial charge is 0.317 e. The maximum absolute atomic E-state index is 12.9. The lowest BCUT2D eigenvalue weighted by Gasteiger charge is -2.25. The molecule has 9 nitrogen and oxygen atoms in total. The van der Waals surface area contributed by atoms with E-state index < -0.39 is 0 Å². The number of methoxy groups -OCH3 is 1. The molecule has 0 saturated carbocycles. The number of hydrogen-bond acceptors (Lipinski definition) is 6. The van der Waals surface area contributed by atoms with Gasteiger partial charge in [0.15, 0.2) is 0 Å². The van der Waals surface area contributed by atoms with Gasteiger partial charge in [0.25, 0.3) is 0 Å². The quantitative estimate of drug-likeness (QED) is 0.533. The first-order valence-electron chi connectivity index (χ1n) is 12.1. The number of hydrogen-bond donors (Lipinski definition) is 1. The molecule has 0 unspecified atom stereocenters. The van der Waals surface area contributed by atoms with Gasteiger partial charge in [-0.3, -0.25) is 0 Å². The Bertz CT molecular complexity index is 1130. The van der Waals surface area contributed by atoms with Crippen LogP contribution >= 0.6 is 0 Å². The van der Waals surface area contributed by atoms with Crippen molar-refractivity contribution in [2.75, 3.05) is 44.8 Å². The topological polar surface area (TPSA) is 84.8 Å². The molecule has 1 fully saturated rings. The molecule has 1 saturated heterocycles. The Balaban J connectivity index is 1.38. The molecule has 0 bridgehead atoms. The zero-order chi connectivity index (χ0) is 24.6. The van der Waals surface area contributed by atoms with Gasteiger partial charge in [0.05, 0.1) is 13.2 Å². The van der Waals surface area contributed by atoms with Crippen molar-refractivity contribution >= 4 is 11.7 Å². The second kappa shape index (κ2) is 11.7. The summed E-state index contributed by atoms with van der Waals surface area (Å²) in [6.07, 6.45) is 2.59. The fraction of sp³-hybridized carbons (Fsp3) is 0.423. The SMILES string of the molecule is CCOc1cc(N2CCCN(C(=O)NCc3cccc(COC)c3)CC2)ccc1-n1cnc(C)n1. The molecule has 1 aliphatic rings. The zero-order valence-electron chi connectivity index (χ0n) is 20.7. The number of ether oxygens (including phenoxy) is 2. The van der Waals surface area contributed by atoms with Crippen molar-refractivity contribution in [3.05, 3.63) is 65.7 Å². The highest BCUT2D eigenvalue weighted by Gasteiger charge is 2.20. The van der Waals surface area contributed by atoms with Crippen LogP contribution in [0.5, 0.6) is 5.75 Å². The van der Waals surface area contributed by atoms with Gasteiger partial charge in [-0.15, -0.1) is 0 Å². The van der Waals surface area contributed by atoms with Gasteiger partial charge in [-0.05, 0) is 43.5 Å². The molecular weight excluding hydrogens is 444 g/mol. The highest BCUT2D eigenvalue weighted by atomic mass is 16.5. The minimum absolute atomic E-state index is 0.0316. The van der Waals surface area contributed by atoms with Gasteiger partial charge in [0.1, 0.15) is 23.6 Å². The number of nitrogens with one attached hydrogen (secondary N) is 1. The molecule has 186 valence electrons. The lowest BCUT2D eigenvalue weighted by Crippen LogP contribution is -2.41. The normalized spacial score (nSPS) is 14.0. The molecule has 0 spiro atoms. The number of carbonyl (C=O) groups excluding carboxylic acids is 1. The fourth-order valence-electron chi connectivity index (χ4n) is 4.29. The summed E-state index contributed by atoms with van der Waals surface area (Å²) in [5, 5.41) is 7.48. The summed E-state index contributed by atoms with van der Waals surface area (Å²) < 4.78 is 12.9. The van der Waals surface area contributed by atoms with Crippen LogP contribution in [0.15, 0.2) is 48.8 Å². The van der Waals surface area contributed by atoms with Crippen LogP contribution in [0.2, 0.25) is 0 Å². The van der Waals surface area contributed by atoms with E-state index in [1.165, 1.54) is 0 Å². The van der Waals surface area contributed by atoms with Crippen LogP contribution in [0.25, 0.3) is 5.69 Å². The Hall–Kier alpha value is -3.59. The minimum Gasteiger partial charge on any atom is -0.492 e. The summed E-state index contributed by atoms with van der Waals surface area (Å²) in [7, 11) is 1.68. The molecule has 35 heavy (non-hydrogen) atoms. The molecule has 2 heterocycles. The van der Waals surface area contributed by atoms with Crippen molar-refractivity contribution in [2.45, 2.75) is 33.4 Å². The van der Waals surface area contributed by atoms with E-state index in [9.17, 15) is 4.79 Å². The number of amides is 2. The lowest BCUT2D eigenvalue weighted by molar-refractivity contribution is 0.185. The lowest BCUT2D eigenvalue weighted by atomic mass is 10.1. The van der Waals surface area contributed by atoms with Crippen LogP contribution in [-0.2, 0) is 17.9 Å². The molecule has 4 rings (SSSR count). The van der Waals surface area contributed by atoms with Crippen molar-refractivity contribution in [3.8, 4) is 11.4 Å². The highest BCUT2D eigenvalue weighted by molar-refractivity contribution is 5.74. The Morgan fingerprint density at radius 2 is 1.94 bits per heavy atom. The molecule has 2 aromatic carbocycles. The third-order valence-corrected chi connectivity index (χ3v) is 5.99. The molecular formula is C26H34N6O3. The number of anilines is 1. The highest BCUT2D eigenvalue weighted by Crippen LogP contribution is 2.29. The summed E-state index contributed by atoms with van der Waals surface area (Å²) >= 11 is 0. The van der Waals surface area contributed by atoms with Crippen molar-refractivity contribution in [2.24, 2.45) is 0 Å². The van der Waals surface area contributed by atoms with E-state index >= 15 is 0 Å². The number of rotatable bonds is 8. The second-order valence-corrected chi connectivity index (χ2v) is 8.56.